The molecule has 1 aromatic carbocycles. The van der Waals surface area contributed by atoms with Crippen molar-refractivity contribution in [3.8, 4) is 5.75 Å². The van der Waals surface area contributed by atoms with Gasteiger partial charge in [0.15, 0.2) is 5.41 Å². The van der Waals surface area contributed by atoms with Crippen molar-refractivity contribution in [2.24, 2.45) is 5.41 Å². The van der Waals surface area contributed by atoms with Gasteiger partial charge in [-0.2, -0.15) is 0 Å². The molecule has 2 atom stereocenters. The van der Waals surface area contributed by atoms with E-state index in [0.717, 1.165) is 5.56 Å². The summed E-state index contributed by atoms with van der Waals surface area (Å²) in [5.74, 6) is -0.157. The van der Waals surface area contributed by atoms with Crippen LogP contribution in [0.2, 0.25) is 0 Å². The summed E-state index contributed by atoms with van der Waals surface area (Å²) in [6, 6.07) is 7.49. The van der Waals surface area contributed by atoms with Gasteiger partial charge in [-0.15, -0.1) is 0 Å². The minimum absolute atomic E-state index is 0.139. The predicted molar refractivity (Wildman–Crippen MR) is 73.4 cm³/mol. The Hall–Kier alpha value is -1.88. The SMILES string of the molecule is CN1C[C@@H]2c3ccccc3OC(=O)[C@]2(C(=O)N(C)C)C1. The van der Waals surface area contributed by atoms with Crippen molar-refractivity contribution in [3.05, 3.63) is 29.8 Å². The lowest BCUT2D eigenvalue weighted by Crippen LogP contribution is -2.54. The van der Waals surface area contributed by atoms with Crippen LogP contribution in [0, 0.1) is 5.41 Å². The lowest BCUT2D eigenvalue weighted by Gasteiger charge is -2.37. The summed E-state index contributed by atoms with van der Waals surface area (Å²) in [7, 11) is 5.29. The Morgan fingerprint density at radius 1 is 1.40 bits per heavy atom. The summed E-state index contributed by atoms with van der Waals surface area (Å²) >= 11 is 0. The van der Waals surface area contributed by atoms with Gasteiger partial charge in [0.25, 0.3) is 0 Å². The second kappa shape index (κ2) is 4.31. The van der Waals surface area contributed by atoms with E-state index < -0.39 is 11.4 Å². The Morgan fingerprint density at radius 2 is 2.10 bits per heavy atom. The van der Waals surface area contributed by atoms with E-state index in [1.165, 1.54) is 4.90 Å². The van der Waals surface area contributed by atoms with Crippen LogP contribution in [0.4, 0.5) is 0 Å². The normalized spacial score (nSPS) is 28.6. The summed E-state index contributed by atoms with van der Waals surface area (Å²) in [5.41, 5.74) is -0.154. The zero-order chi connectivity index (χ0) is 14.5. The highest BCUT2D eigenvalue weighted by Gasteiger charge is 2.61. The molecule has 2 aliphatic rings. The minimum Gasteiger partial charge on any atom is -0.425 e. The van der Waals surface area contributed by atoms with Gasteiger partial charge >= 0.3 is 5.97 Å². The van der Waals surface area contributed by atoms with Crippen molar-refractivity contribution in [2.75, 3.05) is 34.2 Å². The number of ether oxygens (including phenoxy) is 1. The summed E-state index contributed by atoms with van der Waals surface area (Å²) in [5, 5.41) is 0. The standard InChI is InChI=1S/C15H18N2O3/c1-16(2)13(18)15-9-17(3)8-11(15)10-6-4-5-7-12(10)20-14(15)19/h4-7,11H,8-9H2,1-3H3/t11-,15-/m1/s1. The molecule has 0 N–H and O–H groups in total. The molecule has 1 fully saturated rings. The van der Waals surface area contributed by atoms with E-state index in [-0.39, 0.29) is 11.8 Å². The van der Waals surface area contributed by atoms with Crippen LogP contribution in [-0.2, 0) is 9.59 Å². The van der Waals surface area contributed by atoms with Crippen LogP contribution in [0.25, 0.3) is 0 Å². The topological polar surface area (TPSA) is 49.9 Å². The highest BCUT2D eigenvalue weighted by molar-refractivity contribution is 6.06. The molecule has 2 aliphatic heterocycles. The van der Waals surface area contributed by atoms with Crippen LogP contribution >= 0.6 is 0 Å². The molecule has 0 bridgehead atoms. The molecule has 5 nitrogen and oxygen atoms in total. The minimum atomic E-state index is -1.10. The molecule has 20 heavy (non-hydrogen) atoms. The summed E-state index contributed by atoms with van der Waals surface area (Å²) < 4.78 is 5.46. The molecule has 1 aromatic rings. The molecule has 2 heterocycles. The third-order valence-corrected chi connectivity index (χ3v) is 4.26. The van der Waals surface area contributed by atoms with Crippen molar-refractivity contribution in [1.82, 2.24) is 9.80 Å². The molecular weight excluding hydrogens is 256 g/mol. The molecule has 3 rings (SSSR count). The average Bonchev–Trinajstić information content (AvgIpc) is 2.77. The first kappa shape index (κ1) is 13.1. The fourth-order valence-electron chi connectivity index (χ4n) is 3.39. The van der Waals surface area contributed by atoms with Crippen molar-refractivity contribution >= 4 is 11.9 Å². The maximum atomic E-state index is 12.7. The fourth-order valence-corrected chi connectivity index (χ4v) is 3.39. The Bertz CT molecular complexity index is 584. The zero-order valence-corrected chi connectivity index (χ0v) is 11.9. The second-order valence-electron chi connectivity index (χ2n) is 5.85. The Balaban J connectivity index is 2.17. The van der Waals surface area contributed by atoms with E-state index in [1.54, 1.807) is 20.2 Å². The van der Waals surface area contributed by atoms with Crippen LogP contribution in [0.1, 0.15) is 11.5 Å². The van der Waals surface area contributed by atoms with Crippen LogP contribution in [0.15, 0.2) is 24.3 Å². The summed E-state index contributed by atoms with van der Waals surface area (Å²) in [6.07, 6.45) is 0. The van der Waals surface area contributed by atoms with Crippen LogP contribution < -0.4 is 4.74 Å². The number of nitrogens with zero attached hydrogens (tertiary/aromatic N) is 2. The number of benzene rings is 1. The third-order valence-electron chi connectivity index (χ3n) is 4.26. The van der Waals surface area contributed by atoms with Crippen molar-refractivity contribution in [3.63, 3.8) is 0 Å². The van der Waals surface area contributed by atoms with E-state index in [0.29, 0.717) is 18.8 Å². The largest absolute Gasteiger partial charge is 0.425 e. The number of likely N-dealkylation sites (tertiary alicyclic amines) is 1. The molecule has 106 valence electrons. The number of para-hydroxylation sites is 1. The third kappa shape index (κ3) is 1.59. The maximum Gasteiger partial charge on any atom is 0.329 e. The van der Waals surface area contributed by atoms with Crippen molar-refractivity contribution < 1.29 is 14.3 Å². The number of fused-ring (bicyclic) bond motifs is 3. The van der Waals surface area contributed by atoms with Crippen molar-refractivity contribution in [1.29, 1.82) is 0 Å². The molecule has 0 radical (unpaired) electrons. The van der Waals surface area contributed by atoms with Crippen LogP contribution in [-0.4, -0.2) is 55.9 Å². The maximum absolute atomic E-state index is 12.7. The quantitative estimate of drug-likeness (QED) is 0.430. The highest BCUT2D eigenvalue weighted by Crippen LogP contribution is 2.50. The van der Waals surface area contributed by atoms with Crippen LogP contribution in [0.5, 0.6) is 5.75 Å². The summed E-state index contributed by atoms with van der Waals surface area (Å²) in [6.45, 7) is 1.09. The zero-order valence-electron chi connectivity index (χ0n) is 11.9. The average molecular weight is 274 g/mol. The van der Waals surface area contributed by atoms with Gasteiger partial charge in [0.1, 0.15) is 5.75 Å². The molecule has 0 unspecified atom stereocenters. The number of hydrogen-bond donors (Lipinski definition) is 0. The number of likely N-dealkylation sites (N-methyl/N-ethyl adjacent to an activating group) is 1. The van der Waals surface area contributed by atoms with Crippen LogP contribution in [0.3, 0.4) is 0 Å². The summed E-state index contributed by atoms with van der Waals surface area (Å²) in [4.78, 5) is 28.7. The first-order valence-electron chi connectivity index (χ1n) is 6.68. The molecule has 0 saturated carbocycles. The van der Waals surface area contributed by atoms with Crippen molar-refractivity contribution in [2.45, 2.75) is 5.92 Å². The molecule has 0 aliphatic carbocycles. The Morgan fingerprint density at radius 3 is 2.80 bits per heavy atom. The number of amides is 1. The molecule has 1 saturated heterocycles. The molecule has 5 heteroatoms. The van der Waals surface area contributed by atoms with E-state index in [2.05, 4.69) is 0 Å². The van der Waals surface area contributed by atoms with Gasteiger partial charge in [-0.05, 0) is 13.1 Å². The van der Waals surface area contributed by atoms with Gasteiger partial charge in [-0.1, -0.05) is 18.2 Å². The molecule has 0 aromatic heterocycles. The smallest absolute Gasteiger partial charge is 0.329 e. The Kier molecular flexibility index (Phi) is 2.83. The number of hydrogen-bond acceptors (Lipinski definition) is 4. The highest BCUT2D eigenvalue weighted by atomic mass is 16.5. The lowest BCUT2D eigenvalue weighted by atomic mass is 9.71. The van der Waals surface area contributed by atoms with Gasteiger partial charge in [0, 0.05) is 38.7 Å². The fraction of sp³-hybridized carbons (Fsp3) is 0.467. The van der Waals surface area contributed by atoms with Gasteiger partial charge < -0.3 is 14.5 Å². The molecule has 0 spiro atoms. The van der Waals surface area contributed by atoms with Gasteiger partial charge in [0.2, 0.25) is 5.91 Å². The van der Waals surface area contributed by atoms with E-state index in [1.807, 2.05) is 30.1 Å². The predicted octanol–water partition coefficient (Wildman–Crippen LogP) is 0.709. The van der Waals surface area contributed by atoms with E-state index in [4.69, 9.17) is 4.74 Å². The van der Waals surface area contributed by atoms with Gasteiger partial charge in [-0.25, -0.2) is 0 Å². The Labute approximate surface area is 118 Å². The van der Waals surface area contributed by atoms with Gasteiger partial charge in [0.05, 0.1) is 0 Å². The first-order chi connectivity index (χ1) is 9.46. The second-order valence-corrected chi connectivity index (χ2v) is 5.85. The first-order valence-corrected chi connectivity index (χ1v) is 6.68. The molecule has 1 amide bonds. The monoisotopic (exact) mass is 274 g/mol. The van der Waals surface area contributed by atoms with E-state index >= 15 is 0 Å². The number of esters is 1. The van der Waals surface area contributed by atoms with Gasteiger partial charge in [-0.3, -0.25) is 9.59 Å². The molecular formula is C15H18N2O3. The lowest BCUT2D eigenvalue weighted by molar-refractivity contribution is -0.159. The number of rotatable bonds is 1. The number of carbonyl (C=O) groups is 2. The number of carbonyl (C=O) groups excluding carboxylic acids is 2. The van der Waals surface area contributed by atoms with E-state index in [9.17, 15) is 9.59 Å².